The monoisotopic (exact) mass is 227 g/mol. The number of aryl methyl sites for hydroxylation is 1. The molecule has 0 saturated heterocycles. The number of fused-ring (bicyclic) bond motifs is 1. The molecule has 0 saturated carbocycles. The molecule has 4 heteroatoms. The van der Waals surface area contributed by atoms with Crippen LogP contribution in [0.15, 0.2) is 30.5 Å². The van der Waals surface area contributed by atoms with Gasteiger partial charge in [0.1, 0.15) is 0 Å². The van der Waals surface area contributed by atoms with E-state index in [4.69, 9.17) is 5.26 Å². The first kappa shape index (κ1) is 11.2. The molecule has 2 aromatic rings. The maximum absolute atomic E-state index is 11.2. The molecule has 2 rings (SSSR count). The van der Waals surface area contributed by atoms with Gasteiger partial charge in [-0.1, -0.05) is 0 Å². The lowest BCUT2D eigenvalue weighted by molar-refractivity contribution is -0.120. The van der Waals surface area contributed by atoms with Gasteiger partial charge in [-0.3, -0.25) is 4.79 Å². The zero-order valence-electron chi connectivity index (χ0n) is 9.60. The highest BCUT2D eigenvalue weighted by Gasteiger charge is 2.04. The van der Waals surface area contributed by atoms with Crippen LogP contribution >= 0.6 is 0 Å². The van der Waals surface area contributed by atoms with Crippen LogP contribution in [0.2, 0.25) is 0 Å². The van der Waals surface area contributed by atoms with Gasteiger partial charge in [-0.2, -0.15) is 5.26 Å². The van der Waals surface area contributed by atoms with Crippen molar-refractivity contribution in [2.24, 2.45) is 0 Å². The van der Waals surface area contributed by atoms with Crippen LogP contribution in [0.3, 0.4) is 0 Å². The topological polar surface area (TPSA) is 57.8 Å². The number of aromatic nitrogens is 1. The minimum absolute atomic E-state index is 0.0282. The van der Waals surface area contributed by atoms with Gasteiger partial charge in [-0.15, -0.1) is 0 Å². The third kappa shape index (κ3) is 2.28. The quantitative estimate of drug-likeness (QED) is 0.866. The highest BCUT2D eigenvalue weighted by molar-refractivity contribution is 5.82. The molecule has 17 heavy (non-hydrogen) atoms. The van der Waals surface area contributed by atoms with Crippen LogP contribution in [0.5, 0.6) is 0 Å². The molecule has 0 spiro atoms. The maximum atomic E-state index is 11.2. The molecule has 0 aliphatic carbocycles. The van der Waals surface area contributed by atoms with Crippen molar-refractivity contribution in [2.75, 3.05) is 7.05 Å². The average Bonchev–Trinajstić information content (AvgIpc) is 2.77. The molecule has 1 aromatic carbocycles. The van der Waals surface area contributed by atoms with Gasteiger partial charge in [0.05, 0.1) is 11.6 Å². The van der Waals surface area contributed by atoms with E-state index >= 15 is 0 Å². The molecule has 1 heterocycles. The van der Waals surface area contributed by atoms with Crippen molar-refractivity contribution in [2.45, 2.75) is 13.0 Å². The van der Waals surface area contributed by atoms with Gasteiger partial charge in [0.2, 0.25) is 5.91 Å². The summed E-state index contributed by atoms with van der Waals surface area (Å²) >= 11 is 0. The van der Waals surface area contributed by atoms with Crippen molar-refractivity contribution < 1.29 is 4.79 Å². The summed E-state index contributed by atoms with van der Waals surface area (Å²) in [4.78, 5) is 11.2. The van der Waals surface area contributed by atoms with Crippen molar-refractivity contribution in [3.05, 3.63) is 36.0 Å². The Kier molecular flexibility index (Phi) is 3.10. The fraction of sp³-hybridized carbons (Fsp3) is 0.231. The number of nitrogens with zero attached hydrogens (tertiary/aromatic N) is 2. The van der Waals surface area contributed by atoms with E-state index in [0.717, 1.165) is 10.9 Å². The number of nitriles is 1. The van der Waals surface area contributed by atoms with Crippen LogP contribution in [0.1, 0.15) is 12.0 Å². The Morgan fingerprint density at radius 3 is 3.00 bits per heavy atom. The van der Waals surface area contributed by atoms with Crippen LogP contribution in [-0.4, -0.2) is 17.5 Å². The Labute approximate surface area is 99.5 Å². The lowest BCUT2D eigenvalue weighted by atomic mass is 10.2. The molecule has 1 aromatic heterocycles. The van der Waals surface area contributed by atoms with E-state index in [1.807, 2.05) is 29.0 Å². The minimum atomic E-state index is 0.0282. The number of hydrogen-bond acceptors (Lipinski definition) is 2. The summed E-state index contributed by atoms with van der Waals surface area (Å²) in [5.41, 5.74) is 1.70. The van der Waals surface area contributed by atoms with Crippen LogP contribution in [0.4, 0.5) is 0 Å². The number of hydrogen-bond donors (Lipinski definition) is 1. The summed E-state index contributed by atoms with van der Waals surface area (Å²) in [5, 5.41) is 12.4. The van der Waals surface area contributed by atoms with E-state index in [-0.39, 0.29) is 5.91 Å². The molecule has 0 aliphatic heterocycles. The van der Waals surface area contributed by atoms with E-state index in [9.17, 15) is 4.79 Å². The average molecular weight is 227 g/mol. The number of benzene rings is 1. The largest absolute Gasteiger partial charge is 0.359 e. The Balaban J connectivity index is 2.25. The van der Waals surface area contributed by atoms with Gasteiger partial charge in [0, 0.05) is 37.1 Å². The SMILES string of the molecule is CNC(=O)CCn1ccc2cc(C#N)ccc21. The first-order chi connectivity index (χ1) is 8.24. The van der Waals surface area contributed by atoms with Crippen LogP contribution in [-0.2, 0) is 11.3 Å². The standard InChI is InChI=1S/C13H13N3O/c1-15-13(17)5-7-16-6-4-11-8-10(9-14)2-3-12(11)16/h2-4,6,8H,5,7H2,1H3,(H,15,17). The summed E-state index contributed by atoms with van der Waals surface area (Å²) in [5.74, 6) is 0.0282. The van der Waals surface area contributed by atoms with Crippen molar-refractivity contribution in [1.29, 1.82) is 5.26 Å². The van der Waals surface area contributed by atoms with Crippen molar-refractivity contribution in [1.82, 2.24) is 9.88 Å². The second-order valence-corrected chi connectivity index (χ2v) is 3.82. The van der Waals surface area contributed by atoms with Crippen LogP contribution in [0.25, 0.3) is 10.9 Å². The van der Waals surface area contributed by atoms with E-state index in [0.29, 0.717) is 18.5 Å². The molecule has 1 N–H and O–H groups in total. The molecule has 0 radical (unpaired) electrons. The highest BCUT2D eigenvalue weighted by Crippen LogP contribution is 2.17. The van der Waals surface area contributed by atoms with Crippen molar-refractivity contribution in [3.63, 3.8) is 0 Å². The van der Waals surface area contributed by atoms with Crippen LogP contribution in [0, 0.1) is 11.3 Å². The van der Waals surface area contributed by atoms with E-state index in [1.54, 1.807) is 13.1 Å². The Morgan fingerprint density at radius 2 is 2.29 bits per heavy atom. The smallest absolute Gasteiger partial charge is 0.221 e. The van der Waals surface area contributed by atoms with Crippen LogP contribution < -0.4 is 5.32 Å². The molecule has 86 valence electrons. The van der Waals surface area contributed by atoms with Gasteiger partial charge in [-0.25, -0.2) is 0 Å². The molecule has 1 amide bonds. The molecule has 0 fully saturated rings. The third-order valence-corrected chi connectivity index (χ3v) is 2.76. The molecule has 0 unspecified atom stereocenters. The minimum Gasteiger partial charge on any atom is -0.359 e. The number of carbonyl (C=O) groups is 1. The Hall–Kier alpha value is -2.28. The maximum Gasteiger partial charge on any atom is 0.221 e. The Bertz CT molecular complexity index is 592. The normalized spacial score (nSPS) is 10.1. The van der Waals surface area contributed by atoms with E-state index in [2.05, 4.69) is 11.4 Å². The number of nitrogens with one attached hydrogen (secondary N) is 1. The predicted molar refractivity (Wildman–Crippen MR) is 65.3 cm³/mol. The molecule has 0 bridgehead atoms. The van der Waals surface area contributed by atoms with Gasteiger partial charge in [0.15, 0.2) is 0 Å². The van der Waals surface area contributed by atoms with E-state index < -0.39 is 0 Å². The summed E-state index contributed by atoms with van der Waals surface area (Å²) in [7, 11) is 1.63. The first-order valence-electron chi connectivity index (χ1n) is 5.44. The second-order valence-electron chi connectivity index (χ2n) is 3.82. The number of rotatable bonds is 3. The first-order valence-corrected chi connectivity index (χ1v) is 5.44. The lowest BCUT2D eigenvalue weighted by Gasteiger charge is -2.04. The van der Waals surface area contributed by atoms with Gasteiger partial charge >= 0.3 is 0 Å². The van der Waals surface area contributed by atoms with Crippen molar-refractivity contribution >= 4 is 16.8 Å². The molecular weight excluding hydrogens is 214 g/mol. The highest BCUT2D eigenvalue weighted by atomic mass is 16.1. The van der Waals surface area contributed by atoms with Crippen molar-refractivity contribution in [3.8, 4) is 6.07 Å². The fourth-order valence-corrected chi connectivity index (χ4v) is 1.81. The summed E-state index contributed by atoms with van der Waals surface area (Å²) in [6.45, 7) is 0.648. The predicted octanol–water partition coefficient (Wildman–Crippen LogP) is 1.65. The molecule has 4 nitrogen and oxygen atoms in total. The lowest BCUT2D eigenvalue weighted by Crippen LogP contribution is -2.19. The molecular formula is C13H13N3O. The number of amides is 1. The zero-order chi connectivity index (χ0) is 12.3. The van der Waals surface area contributed by atoms with E-state index in [1.165, 1.54) is 0 Å². The Morgan fingerprint density at radius 1 is 1.47 bits per heavy atom. The van der Waals surface area contributed by atoms with Gasteiger partial charge in [-0.05, 0) is 24.3 Å². The van der Waals surface area contributed by atoms with Gasteiger partial charge < -0.3 is 9.88 Å². The number of carbonyl (C=O) groups excluding carboxylic acids is 1. The summed E-state index contributed by atoms with van der Waals surface area (Å²) in [6.07, 6.45) is 2.40. The third-order valence-electron chi connectivity index (χ3n) is 2.76. The fourth-order valence-electron chi connectivity index (χ4n) is 1.81. The summed E-state index contributed by atoms with van der Waals surface area (Å²) in [6, 6.07) is 9.63. The summed E-state index contributed by atoms with van der Waals surface area (Å²) < 4.78 is 2.02. The molecule has 0 atom stereocenters. The zero-order valence-corrected chi connectivity index (χ0v) is 9.60. The van der Waals surface area contributed by atoms with Gasteiger partial charge in [0.25, 0.3) is 0 Å². The second kappa shape index (κ2) is 4.71. The molecule has 0 aliphatic rings.